The number of benzene rings is 1. The van der Waals surface area contributed by atoms with Gasteiger partial charge in [0.15, 0.2) is 0 Å². The average molecular weight is 269 g/mol. The number of amides is 2. The summed E-state index contributed by atoms with van der Waals surface area (Å²) in [4.78, 5) is 11.7. The summed E-state index contributed by atoms with van der Waals surface area (Å²) in [7, 11) is 0. The van der Waals surface area contributed by atoms with Crippen molar-refractivity contribution in [1.29, 1.82) is 5.26 Å². The number of allylic oxidation sites excluding steroid dienone is 1. The van der Waals surface area contributed by atoms with Crippen LogP contribution in [0.4, 0.5) is 10.5 Å². The number of carbonyl (C=O) groups is 1. The van der Waals surface area contributed by atoms with Gasteiger partial charge in [0.25, 0.3) is 0 Å². The van der Waals surface area contributed by atoms with E-state index in [0.717, 1.165) is 6.42 Å². The highest BCUT2D eigenvalue weighted by atomic mass is 16.2. The minimum Gasteiger partial charge on any atom is -0.338 e. The van der Waals surface area contributed by atoms with Gasteiger partial charge >= 0.3 is 6.03 Å². The summed E-state index contributed by atoms with van der Waals surface area (Å²) in [5, 5.41) is 14.3. The Hall–Kier alpha value is -2.28. The van der Waals surface area contributed by atoms with Crippen LogP contribution in [-0.2, 0) is 0 Å². The van der Waals surface area contributed by atoms with E-state index in [1.54, 1.807) is 24.3 Å². The fourth-order valence-electron chi connectivity index (χ4n) is 2.27. The summed E-state index contributed by atoms with van der Waals surface area (Å²) in [5.74, 6) is 0. The van der Waals surface area contributed by atoms with E-state index < -0.39 is 0 Å². The first kappa shape index (κ1) is 14.1. The van der Waals surface area contributed by atoms with Crippen LogP contribution >= 0.6 is 0 Å². The molecule has 0 atom stereocenters. The molecule has 4 heteroatoms. The van der Waals surface area contributed by atoms with E-state index in [0.29, 0.717) is 17.8 Å². The molecule has 1 aromatic rings. The normalized spacial score (nSPS) is 14.1. The van der Waals surface area contributed by atoms with Gasteiger partial charge in [0.05, 0.1) is 11.6 Å². The predicted molar refractivity (Wildman–Crippen MR) is 79.3 cm³/mol. The molecule has 4 nitrogen and oxygen atoms in total. The Morgan fingerprint density at radius 1 is 1.25 bits per heavy atom. The summed E-state index contributed by atoms with van der Waals surface area (Å²) in [6.45, 7) is 0.661. The lowest BCUT2D eigenvalue weighted by Gasteiger charge is -2.13. The molecule has 2 rings (SSSR count). The summed E-state index contributed by atoms with van der Waals surface area (Å²) in [6.07, 6.45) is 8.12. The van der Waals surface area contributed by atoms with Crippen LogP contribution < -0.4 is 10.6 Å². The first-order valence-electron chi connectivity index (χ1n) is 7.01. The maximum Gasteiger partial charge on any atom is 0.319 e. The lowest BCUT2D eigenvalue weighted by molar-refractivity contribution is 0.252. The van der Waals surface area contributed by atoms with Crippen LogP contribution in [0.3, 0.4) is 0 Å². The second-order valence-electron chi connectivity index (χ2n) is 4.93. The van der Waals surface area contributed by atoms with Gasteiger partial charge in [-0.1, -0.05) is 11.6 Å². The smallest absolute Gasteiger partial charge is 0.319 e. The van der Waals surface area contributed by atoms with Crippen molar-refractivity contribution in [2.24, 2.45) is 0 Å². The van der Waals surface area contributed by atoms with Gasteiger partial charge in [-0.15, -0.1) is 0 Å². The van der Waals surface area contributed by atoms with E-state index >= 15 is 0 Å². The highest BCUT2D eigenvalue weighted by molar-refractivity contribution is 5.89. The molecule has 0 aromatic heterocycles. The Kier molecular flexibility index (Phi) is 5.19. The molecule has 2 amide bonds. The number of hydrogen-bond donors (Lipinski definition) is 2. The first-order chi connectivity index (χ1) is 9.78. The van der Waals surface area contributed by atoms with Crippen LogP contribution in [0, 0.1) is 11.3 Å². The molecule has 0 heterocycles. The number of anilines is 1. The number of hydrogen-bond acceptors (Lipinski definition) is 2. The Balaban J connectivity index is 1.72. The molecule has 0 radical (unpaired) electrons. The molecule has 0 saturated heterocycles. The fraction of sp³-hybridized carbons (Fsp3) is 0.375. The van der Waals surface area contributed by atoms with Gasteiger partial charge in [-0.3, -0.25) is 0 Å². The van der Waals surface area contributed by atoms with E-state index in [9.17, 15) is 4.79 Å². The largest absolute Gasteiger partial charge is 0.338 e. The number of nitrogens with zero attached hydrogens (tertiary/aromatic N) is 1. The minimum atomic E-state index is -0.203. The molecule has 1 aliphatic carbocycles. The molecule has 20 heavy (non-hydrogen) atoms. The number of urea groups is 1. The molecular formula is C16H19N3O. The Bertz CT molecular complexity index is 526. The van der Waals surface area contributed by atoms with E-state index in [2.05, 4.69) is 16.7 Å². The highest BCUT2D eigenvalue weighted by Gasteiger charge is 2.05. The maximum absolute atomic E-state index is 11.7. The van der Waals surface area contributed by atoms with Crippen molar-refractivity contribution in [3.05, 3.63) is 41.5 Å². The van der Waals surface area contributed by atoms with Gasteiger partial charge in [0.1, 0.15) is 0 Å². The Morgan fingerprint density at radius 3 is 2.70 bits per heavy atom. The SMILES string of the molecule is N#Cc1ccc(NC(=O)NCCC2=CCCCC2)cc1. The molecule has 0 saturated carbocycles. The Morgan fingerprint density at radius 2 is 2.05 bits per heavy atom. The van der Waals surface area contributed by atoms with Gasteiger partial charge in [-0.05, 0) is 56.4 Å². The van der Waals surface area contributed by atoms with Crippen molar-refractivity contribution in [2.75, 3.05) is 11.9 Å². The Labute approximate surface area is 119 Å². The number of rotatable bonds is 4. The van der Waals surface area contributed by atoms with E-state index in [-0.39, 0.29) is 6.03 Å². The fourth-order valence-corrected chi connectivity index (χ4v) is 2.27. The zero-order valence-corrected chi connectivity index (χ0v) is 11.5. The summed E-state index contributed by atoms with van der Waals surface area (Å²) >= 11 is 0. The second kappa shape index (κ2) is 7.34. The van der Waals surface area contributed by atoms with E-state index in [1.165, 1.54) is 31.3 Å². The predicted octanol–water partition coefficient (Wildman–Crippen LogP) is 3.57. The van der Waals surface area contributed by atoms with Crippen LogP contribution in [0.25, 0.3) is 0 Å². The number of nitrogens with one attached hydrogen (secondary N) is 2. The average Bonchev–Trinajstić information content (AvgIpc) is 2.49. The summed E-state index contributed by atoms with van der Waals surface area (Å²) in [5.41, 5.74) is 2.73. The molecule has 0 unspecified atom stereocenters. The van der Waals surface area contributed by atoms with Gasteiger partial charge in [0.2, 0.25) is 0 Å². The standard InChI is InChI=1S/C16H19N3O/c17-12-14-6-8-15(9-7-14)19-16(20)18-11-10-13-4-2-1-3-5-13/h4,6-9H,1-3,5,10-11H2,(H2,18,19,20). The third-order valence-corrected chi connectivity index (χ3v) is 3.39. The number of nitriles is 1. The van der Waals surface area contributed by atoms with Crippen LogP contribution in [0.1, 0.15) is 37.7 Å². The molecule has 0 spiro atoms. The van der Waals surface area contributed by atoms with Gasteiger partial charge in [0, 0.05) is 12.2 Å². The molecule has 104 valence electrons. The zero-order chi connectivity index (χ0) is 14.2. The molecule has 2 N–H and O–H groups in total. The molecule has 1 aliphatic rings. The second-order valence-corrected chi connectivity index (χ2v) is 4.93. The van der Waals surface area contributed by atoms with Gasteiger partial charge < -0.3 is 10.6 Å². The van der Waals surface area contributed by atoms with Crippen LogP contribution in [0.2, 0.25) is 0 Å². The van der Waals surface area contributed by atoms with E-state index in [4.69, 9.17) is 5.26 Å². The third kappa shape index (κ3) is 4.43. The molecule has 1 aromatic carbocycles. The van der Waals surface area contributed by atoms with Crippen molar-refractivity contribution in [2.45, 2.75) is 32.1 Å². The zero-order valence-electron chi connectivity index (χ0n) is 11.5. The molecule has 0 fully saturated rings. The highest BCUT2D eigenvalue weighted by Crippen LogP contribution is 2.19. The summed E-state index contributed by atoms with van der Waals surface area (Å²) in [6, 6.07) is 8.65. The van der Waals surface area contributed by atoms with Crippen molar-refractivity contribution >= 4 is 11.7 Å². The third-order valence-electron chi connectivity index (χ3n) is 3.39. The van der Waals surface area contributed by atoms with Gasteiger partial charge in [-0.25, -0.2) is 4.79 Å². The van der Waals surface area contributed by atoms with E-state index in [1.807, 2.05) is 6.07 Å². The molecular weight excluding hydrogens is 250 g/mol. The first-order valence-corrected chi connectivity index (χ1v) is 7.01. The lowest BCUT2D eigenvalue weighted by atomic mass is 9.97. The lowest BCUT2D eigenvalue weighted by Crippen LogP contribution is -2.29. The van der Waals surface area contributed by atoms with Crippen LogP contribution in [0.5, 0.6) is 0 Å². The van der Waals surface area contributed by atoms with Crippen molar-refractivity contribution in [3.63, 3.8) is 0 Å². The minimum absolute atomic E-state index is 0.203. The van der Waals surface area contributed by atoms with Crippen LogP contribution in [0.15, 0.2) is 35.9 Å². The monoisotopic (exact) mass is 269 g/mol. The van der Waals surface area contributed by atoms with Crippen LogP contribution in [-0.4, -0.2) is 12.6 Å². The quantitative estimate of drug-likeness (QED) is 0.821. The van der Waals surface area contributed by atoms with Crippen molar-refractivity contribution in [1.82, 2.24) is 5.32 Å². The topological polar surface area (TPSA) is 64.9 Å². The van der Waals surface area contributed by atoms with Crippen molar-refractivity contribution in [3.8, 4) is 6.07 Å². The number of carbonyl (C=O) groups excluding carboxylic acids is 1. The maximum atomic E-state index is 11.7. The summed E-state index contributed by atoms with van der Waals surface area (Å²) < 4.78 is 0. The van der Waals surface area contributed by atoms with Crippen molar-refractivity contribution < 1.29 is 4.79 Å². The molecule has 0 bridgehead atoms. The molecule has 0 aliphatic heterocycles. The van der Waals surface area contributed by atoms with Gasteiger partial charge in [-0.2, -0.15) is 5.26 Å².